The molecule has 1 aromatic carbocycles. The van der Waals surface area contributed by atoms with E-state index in [1.807, 2.05) is 6.07 Å². The average Bonchev–Trinajstić information content (AvgIpc) is 2.72. The molecule has 2 aromatic heterocycles. The number of aryl methyl sites for hydroxylation is 2. The molecule has 9 heteroatoms. The summed E-state index contributed by atoms with van der Waals surface area (Å²) in [5.74, 6) is -0.191. The van der Waals surface area contributed by atoms with Crippen molar-refractivity contribution in [1.29, 1.82) is 0 Å². The maximum Gasteiger partial charge on any atom is 0.416 e. The van der Waals surface area contributed by atoms with Crippen LogP contribution in [-0.2, 0) is 4.74 Å². The van der Waals surface area contributed by atoms with Crippen molar-refractivity contribution < 1.29 is 23.8 Å². The number of hydrogen-bond donors (Lipinski definition) is 2. The third-order valence-electron chi connectivity index (χ3n) is 4.92. The molecular weight excluding hydrogens is 439 g/mol. The van der Waals surface area contributed by atoms with Gasteiger partial charge in [0.2, 0.25) is 0 Å². The molecule has 2 N–H and O–H groups in total. The summed E-state index contributed by atoms with van der Waals surface area (Å²) in [6.45, 7) is 14.2. The Morgan fingerprint density at radius 1 is 1.15 bits per heavy atom. The molecule has 3 aromatic rings. The first kappa shape index (κ1) is 24.4. The van der Waals surface area contributed by atoms with E-state index in [0.29, 0.717) is 38.9 Å². The van der Waals surface area contributed by atoms with Crippen LogP contribution in [0.1, 0.15) is 25.1 Å². The minimum Gasteiger partial charge on any atom is -0.465 e. The lowest BCUT2D eigenvalue weighted by atomic mass is 9.97. The minimum atomic E-state index is -1.14. The predicted octanol–water partition coefficient (Wildman–Crippen LogP) is 6.20. The second-order valence-electron chi connectivity index (χ2n) is 8.05. The molecule has 0 radical (unpaired) electrons. The monoisotopic (exact) mass is 464 g/mol. The zero-order chi connectivity index (χ0) is 25.2. The van der Waals surface area contributed by atoms with Crippen LogP contribution >= 0.6 is 0 Å². The standard InChI is InChI=1S/C25H25FN4O4/c1-13(2)12-30(25(32)33)23-10-21-17(11-27-23)8-19(16(6)28-21)18-9-22(20(26)7-15(18)5)29-24(31)34-14(3)4/h7-11H,1,3,12H2,2,4-6H3,(H,29,31)(H,32,33). The second kappa shape index (κ2) is 9.70. The van der Waals surface area contributed by atoms with Gasteiger partial charge in [-0.3, -0.25) is 15.2 Å². The fourth-order valence-electron chi connectivity index (χ4n) is 3.44. The zero-order valence-electron chi connectivity index (χ0n) is 19.4. The van der Waals surface area contributed by atoms with Gasteiger partial charge in [0.25, 0.3) is 0 Å². The Balaban J connectivity index is 2.05. The fourth-order valence-corrected chi connectivity index (χ4v) is 3.44. The summed E-state index contributed by atoms with van der Waals surface area (Å²) in [5.41, 5.74) is 3.84. The third-order valence-corrected chi connectivity index (χ3v) is 4.92. The van der Waals surface area contributed by atoms with Gasteiger partial charge in [-0.25, -0.2) is 19.0 Å². The summed E-state index contributed by atoms with van der Waals surface area (Å²) < 4.78 is 19.4. The van der Waals surface area contributed by atoms with Crippen molar-refractivity contribution in [2.75, 3.05) is 16.8 Å². The topological polar surface area (TPSA) is 105 Å². The number of amides is 2. The summed E-state index contributed by atoms with van der Waals surface area (Å²) in [5, 5.41) is 12.6. The van der Waals surface area contributed by atoms with Crippen molar-refractivity contribution >= 4 is 34.6 Å². The quantitative estimate of drug-likeness (QED) is 0.333. The highest BCUT2D eigenvalue weighted by Gasteiger charge is 2.18. The molecule has 2 amide bonds. The Morgan fingerprint density at radius 3 is 2.47 bits per heavy atom. The van der Waals surface area contributed by atoms with Crippen LogP contribution in [0.3, 0.4) is 0 Å². The Hall–Kier alpha value is -4.27. The number of aromatic nitrogens is 2. The molecule has 0 saturated carbocycles. The molecular formula is C25H25FN4O4. The predicted molar refractivity (Wildman–Crippen MR) is 130 cm³/mol. The van der Waals surface area contributed by atoms with Crippen LogP contribution in [0.15, 0.2) is 55.0 Å². The number of anilines is 2. The van der Waals surface area contributed by atoms with Gasteiger partial charge in [-0.05, 0) is 57.0 Å². The molecule has 3 rings (SSSR count). The van der Waals surface area contributed by atoms with E-state index in [4.69, 9.17) is 4.74 Å². The first-order valence-electron chi connectivity index (χ1n) is 10.3. The Bertz CT molecular complexity index is 1340. The van der Waals surface area contributed by atoms with E-state index in [1.54, 1.807) is 26.8 Å². The maximum absolute atomic E-state index is 14.5. The van der Waals surface area contributed by atoms with Crippen LogP contribution in [0.25, 0.3) is 22.0 Å². The summed E-state index contributed by atoms with van der Waals surface area (Å²) in [6.07, 6.45) is -0.448. The number of carbonyl (C=O) groups is 2. The smallest absolute Gasteiger partial charge is 0.416 e. The second-order valence-corrected chi connectivity index (χ2v) is 8.05. The van der Waals surface area contributed by atoms with Gasteiger partial charge >= 0.3 is 12.2 Å². The number of halogens is 1. The molecule has 0 aliphatic rings. The molecule has 0 bridgehead atoms. The van der Waals surface area contributed by atoms with Gasteiger partial charge < -0.3 is 9.84 Å². The SMILES string of the molecule is C=C(C)CN(C(=O)O)c1cc2nc(C)c(-c3cc(NC(=O)OC(=C)C)c(F)cc3C)cc2cn1. The summed E-state index contributed by atoms with van der Waals surface area (Å²) in [7, 11) is 0. The van der Waals surface area contributed by atoms with Gasteiger partial charge in [-0.2, -0.15) is 0 Å². The van der Waals surface area contributed by atoms with E-state index in [9.17, 15) is 19.1 Å². The number of carboxylic acid groups (broad SMARTS) is 1. The van der Waals surface area contributed by atoms with E-state index in [-0.39, 0.29) is 23.8 Å². The summed E-state index contributed by atoms with van der Waals surface area (Å²) in [4.78, 5) is 33.6. The molecule has 8 nitrogen and oxygen atoms in total. The first-order valence-corrected chi connectivity index (χ1v) is 10.3. The van der Waals surface area contributed by atoms with E-state index < -0.39 is 18.0 Å². The third kappa shape index (κ3) is 5.37. The molecule has 176 valence electrons. The highest BCUT2D eigenvalue weighted by atomic mass is 19.1. The maximum atomic E-state index is 14.5. The van der Waals surface area contributed by atoms with Crippen molar-refractivity contribution in [1.82, 2.24) is 9.97 Å². The van der Waals surface area contributed by atoms with Crippen molar-refractivity contribution in [3.05, 3.63) is 72.0 Å². The summed E-state index contributed by atoms with van der Waals surface area (Å²) >= 11 is 0. The Morgan fingerprint density at radius 2 is 1.85 bits per heavy atom. The van der Waals surface area contributed by atoms with Crippen LogP contribution in [0, 0.1) is 19.7 Å². The number of nitrogens with one attached hydrogen (secondary N) is 1. The number of pyridine rings is 2. The van der Waals surface area contributed by atoms with Crippen molar-refractivity contribution in [3.8, 4) is 11.1 Å². The molecule has 0 unspecified atom stereocenters. The molecule has 0 fully saturated rings. The molecule has 0 spiro atoms. The lowest BCUT2D eigenvalue weighted by Crippen LogP contribution is -2.31. The largest absolute Gasteiger partial charge is 0.465 e. The number of benzene rings is 1. The summed E-state index contributed by atoms with van der Waals surface area (Å²) in [6, 6.07) is 6.27. The van der Waals surface area contributed by atoms with E-state index >= 15 is 0 Å². The van der Waals surface area contributed by atoms with Gasteiger partial charge in [-0.1, -0.05) is 18.7 Å². The molecule has 34 heavy (non-hydrogen) atoms. The average molecular weight is 464 g/mol. The molecule has 0 aliphatic heterocycles. The zero-order valence-corrected chi connectivity index (χ0v) is 19.4. The van der Waals surface area contributed by atoms with Crippen LogP contribution < -0.4 is 10.2 Å². The van der Waals surface area contributed by atoms with Gasteiger partial charge in [0.15, 0.2) is 0 Å². The lowest BCUT2D eigenvalue weighted by Gasteiger charge is -2.19. The lowest BCUT2D eigenvalue weighted by molar-refractivity contribution is 0.192. The number of allylic oxidation sites excluding steroid dienone is 1. The fraction of sp³-hybridized carbons (Fsp3) is 0.200. The van der Waals surface area contributed by atoms with Crippen LogP contribution in [0.2, 0.25) is 0 Å². The van der Waals surface area contributed by atoms with Gasteiger partial charge in [0.05, 0.1) is 23.5 Å². The first-order chi connectivity index (χ1) is 16.0. The number of fused-ring (bicyclic) bond motifs is 1. The molecule has 2 heterocycles. The van der Waals surface area contributed by atoms with Gasteiger partial charge in [0.1, 0.15) is 11.6 Å². The number of rotatable bonds is 6. The van der Waals surface area contributed by atoms with Crippen molar-refractivity contribution in [2.45, 2.75) is 27.7 Å². The Labute approximate surface area is 196 Å². The number of carbonyl (C=O) groups excluding carboxylic acids is 1. The normalized spacial score (nSPS) is 10.6. The molecule has 0 saturated heterocycles. The van der Waals surface area contributed by atoms with E-state index in [0.717, 1.165) is 4.90 Å². The van der Waals surface area contributed by atoms with Crippen LogP contribution in [0.4, 0.5) is 25.5 Å². The van der Waals surface area contributed by atoms with E-state index in [2.05, 4.69) is 28.4 Å². The minimum absolute atomic E-state index is 0.0447. The number of nitrogens with zero attached hydrogens (tertiary/aromatic N) is 3. The Kier molecular flexibility index (Phi) is 6.95. The highest BCUT2D eigenvalue weighted by Crippen LogP contribution is 2.33. The van der Waals surface area contributed by atoms with Crippen molar-refractivity contribution in [2.24, 2.45) is 0 Å². The number of hydrogen-bond acceptors (Lipinski definition) is 5. The van der Waals surface area contributed by atoms with Gasteiger partial charge in [0, 0.05) is 28.9 Å². The van der Waals surface area contributed by atoms with E-state index in [1.165, 1.54) is 25.3 Å². The number of ether oxygens (including phenoxy) is 1. The van der Waals surface area contributed by atoms with Crippen LogP contribution in [0.5, 0.6) is 0 Å². The van der Waals surface area contributed by atoms with Gasteiger partial charge in [-0.15, -0.1) is 0 Å². The highest BCUT2D eigenvalue weighted by molar-refractivity contribution is 5.92. The molecule has 0 atom stereocenters. The van der Waals surface area contributed by atoms with Crippen molar-refractivity contribution in [3.63, 3.8) is 0 Å². The molecule has 0 aliphatic carbocycles. The van der Waals surface area contributed by atoms with Crippen LogP contribution in [-0.4, -0.2) is 33.8 Å².